The van der Waals surface area contributed by atoms with E-state index in [2.05, 4.69) is 38.5 Å². The molecule has 1 atom stereocenters. The normalized spacial score (nSPS) is 12.1. The van der Waals surface area contributed by atoms with Crippen molar-refractivity contribution in [3.05, 3.63) is 55.3 Å². The second-order valence-corrected chi connectivity index (χ2v) is 6.40. The zero-order chi connectivity index (χ0) is 15.6. The molecule has 21 heavy (non-hydrogen) atoms. The van der Waals surface area contributed by atoms with Crippen LogP contribution in [0.3, 0.4) is 0 Å². The zero-order valence-electron chi connectivity index (χ0n) is 11.4. The van der Waals surface area contributed by atoms with Crippen LogP contribution < -0.4 is 9.47 Å². The highest BCUT2D eigenvalue weighted by atomic mass is 127. The first kappa shape index (κ1) is 16.5. The highest BCUT2D eigenvalue weighted by Crippen LogP contribution is 2.36. The lowest BCUT2D eigenvalue weighted by molar-refractivity contribution is 0.213. The molecule has 1 N–H and O–H groups in total. The van der Waals surface area contributed by atoms with Crippen molar-refractivity contribution in [1.29, 1.82) is 0 Å². The first-order valence-electron chi connectivity index (χ1n) is 6.02. The molecule has 6 heteroatoms. The van der Waals surface area contributed by atoms with Crippen LogP contribution in [0.4, 0.5) is 4.39 Å². The summed E-state index contributed by atoms with van der Waals surface area (Å²) in [5, 5.41) is 10.5. The van der Waals surface area contributed by atoms with Crippen molar-refractivity contribution in [2.45, 2.75) is 6.10 Å². The number of aliphatic hydroxyl groups is 1. The van der Waals surface area contributed by atoms with Gasteiger partial charge in [-0.25, -0.2) is 4.39 Å². The van der Waals surface area contributed by atoms with Crippen LogP contribution in [0.25, 0.3) is 0 Å². The highest BCUT2D eigenvalue weighted by molar-refractivity contribution is 14.1. The Morgan fingerprint density at radius 2 is 1.71 bits per heavy atom. The molecular formula is C15H13BrFIO3. The minimum absolute atomic E-state index is 0.135. The van der Waals surface area contributed by atoms with Crippen LogP contribution >= 0.6 is 38.5 Å². The predicted octanol–water partition coefficient (Wildman–Crippen LogP) is 4.29. The number of hydrogen-bond donors (Lipinski definition) is 1. The Morgan fingerprint density at radius 3 is 2.33 bits per heavy atom. The monoisotopic (exact) mass is 466 g/mol. The molecule has 0 bridgehead atoms. The Morgan fingerprint density at radius 1 is 1.10 bits per heavy atom. The van der Waals surface area contributed by atoms with Gasteiger partial charge in [0.05, 0.1) is 14.2 Å². The SMILES string of the molecule is COc1cc(F)c(C(O)c2cc(I)ccc2Br)cc1OC. The van der Waals surface area contributed by atoms with Crippen molar-refractivity contribution in [1.82, 2.24) is 0 Å². The highest BCUT2D eigenvalue weighted by Gasteiger charge is 2.21. The summed E-state index contributed by atoms with van der Waals surface area (Å²) in [6.07, 6.45) is -1.10. The van der Waals surface area contributed by atoms with E-state index < -0.39 is 11.9 Å². The lowest BCUT2D eigenvalue weighted by Gasteiger charge is -2.17. The average Bonchev–Trinajstić information content (AvgIpc) is 2.48. The van der Waals surface area contributed by atoms with Gasteiger partial charge in [-0.3, -0.25) is 0 Å². The van der Waals surface area contributed by atoms with Gasteiger partial charge in [0, 0.05) is 25.2 Å². The number of hydrogen-bond acceptors (Lipinski definition) is 3. The molecule has 3 nitrogen and oxygen atoms in total. The maximum absolute atomic E-state index is 14.2. The Balaban J connectivity index is 2.52. The van der Waals surface area contributed by atoms with Gasteiger partial charge in [0.15, 0.2) is 11.5 Å². The Bertz CT molecular complexity index is 664. The molecule has 0 saturated heterocycles. The van der Waals surface area contributed by atoms with Crippen molar-refractivity contribution in [3.63, 3.8) is 0 Å². The molecule has 0 fully saturated rings. The topological polar surface area (TPSA) is 38.7 Å². The summed E-state index contributed by atoms with van der Waals surface area (Å²) in [5.41, 5.74) is 0.725. The van der Waals surface area contributed by atoms with Gasteiger partial charge in [0.2, 0.25) is 0 Å². The lowest BCUT2D eigenvalue weighted by Crippen LogP contribution is -2.05. The van der Waals surface area contributed by atoms with Crippen LogP contribution in [0.2, 0.25) is 0 Å². The Labute approximate surface area is 144 Å². The number of rotatable bonds is 4. The molecule has 0 aliphatic rings. The van der Waals surface area contributed by atoms with E-state index >= 15 is 0 Å². The second-order valence-electron chi connectivity index (χ2n) is 4.30. The summed E-state index contributed by atoms with van der Waals surface area (Å²) >= 11 is 5.51. The second kappa shape index (κ2) is 6.93. The summed E-state index contributed by atoms with van der Waals surface area (Å²) in [6.45, 7) is 0. The first-order chi connectivity index (χ1) is 9.97. The number of aliphatic hydroxyl groups excluding tert-OH is 1. The fraction of sp³-hybridized carbons (Fsp3) is 0.200. The molecule has 2 aromatic carbocycles. The summed E-state index contributed by atoms with van der Waals surface area (Å²) < 4.78 is 26.1. The van der Waals surface area contributed by atoms with E-state index in [-0.39, 0.29) is 11.3 Å². The fourth-order valence-electron chi connectivity index (χ4n) is 1.97. The number of benzene rings is 2. The number of methoxy groups -OCH3 is 2. The van der Waals surface area contributed by atoms with Crippen LogP contribution in [0.5, 0.6) is 11.5 Å². The van der Waals surface area contributed by atoms with E-state index in [4.69, 9.17) is 9.47 Å². The third-order valence-electron chi connectivity index (χ3n) is 3.05. The van der Waals surface area contributed by atoms with E-state index in [9.17, 15) is 9.50 Å². The quantitative estimate of drug-likeness (QED) is 0.683. The molecule has 1 unspecified atom stereocenters. The molecule has 2 aromatic rings. The molecule has 0 heterocycles. The van der Waals surface area contributed by atoms with Gasteiger partial charge in [-0.1, -0.05) is 15.9 Å². The molecular weight excluding hydrogens is 454 g/mol. The van der Waals surface area contributed by atoms with E-state index in [1.165, 1.54) is 26.4 Å². The van der Waals surface area contributed by atoms with Crippen LogP contribution in [-0.4, -0.2) is 19.3 Å². The lowest BCUT2D eigenvalue weighted by atomic mass is 10.0. The van der Waals surface area contributed by atoms with Crippen molar-refractivity contribution in [3.8, 4) is 11.5 Å². The van der Waals surface area contributed by atoms with Gasteiger partial charge in [0.25, 0.3) is 0 Å². The van der Waals surface area contributed by atoms with Crippen molar-refractivity contribution < 1.29 is 19.0 Å². The van der Waals surface area contributed by atoms with Crippen LogP contribution in [0, 0.1) is 9.39 Å². The fourth-order valence-corrected chi connectivity index (χ4v) is 2.95. The van der Waals surface area contributed by atoms with Gasteiger partial charge in [-0.05, 0) is 46.9 Å². The first-order valence-corrected chi connectivity index (χ1v) is 7.89. The summed E-state index contributed by atoms with van der Waals surface area (Å²) in [7, 11) is 2.90. The summed E-state index contributed by atoms with van der Waals surface area (Å²) in [6, 6.07) is 8.17. The smallest absolute Gasteiger partial charge is 0.163 e. The van der Waals surface area contributed by atoms with Crippen molar-refractivity contribution in [2.75, 3.05) is 14.2 Å². The molecule has 0 aliphatic carbocycles. The van der Waals surface area contributed by atoms with Gasteiger partial charge in [0.1, 0.15) is 11.9 Å². The van der Waals surface area contributed by atoms with E-state index in [0.29, 0.717) is 15.8 Å². The Hall–Kier alpha value is -0.860. The molecule has 2 rings (SSSR count). The molecule has 0 aromatic heterocycles. The summed E-state index contributed by atoms with van der Waals surface area (Å²) in [5.74, 6) is 0.105. The Kier molecular flexibility index (Phi) is 5.45. The standard InChI is InChI=1S/C15H13BrFIO3/c1-20-13-6-10(12(17)7-14(13)21-2)15(19)9-5-8(18)3-4-11(9)16/h3-7,15,19H,1-2H3. The molecule has 0 saturated carbocycles. The molecule has 0 radical (unpaired) electrons. The third kappa shape index (κ3) is 3.49. The van der Waals surface area contributed by atoms with Gasteiger partial charge >= 0.3 is 0 Å². The van der Waals surface area contributed by atoms with E-state index in [1.54, 1.807) is 6.07 Å². The summed E-state index contributed by atoms with van der Waals surface area (Å²) in [4.78, 5) is 0. The largest absolute Gasteiger partial charge is 0.493 e. The maximum atomic E-state index is 14.2. The van der Waals surface area contributed by atoms with E-state index in [1.807, 2.05) is 12.1 Å². The van der Waals surface area contributed by atoms with Crippen LogP contribution in [0.1, 0.15) is 17.2 Å². The predicted molar refractivity (Wildman–Crippen MR) is 90.4 cm³/mol. The number of halogens is 3. The minimum atomic E-state index is -1.10. The zero-order valence-corrected chi connectivity index (χ0v) is 15.1. The van der Waals surface area contributed by atoms with Gasteiger partial charge < -0.3 is 14.6 Å². The van der Waals surface area contributed by atoms with Crippen molar-refractivity contribution >= 4 is 38.5 Å². The van der Waals surface area contributed by atoms with Gasteiger partial charge in [-0.15, -0.1) is 0 Å². The van der Waals surface area contributed by atoms with Crippen molar-refractivity contribution in [2.24, 2.45) is 0 Å². The van der Waals surface area contributed by atoms with Crippen LogP contribution in [-0.2, 0) is 0 Å². The van der Waals surface area contributed by atoms with E-state index in [0.717, 1.165) is 3.57 Å². The van der Waals surface area contributed by atoms with Crippen LogP contribution in [0.15, 0.2) is 34.8 Å². The molecule has 0 aliphatic heterocycles. The van der Waals surface area contributed by atoms with Gasteiger partial charge in [-0.2, -0.15) is 0 Å². The maximum Gasteiger partial charge on any atom is 0.163 e. The minimum Gasteiger partial charge on any atom is -0.493 e. The molecule has 0 spiro atoms. The third-order valence-corrected chi connectivity index (χ3v) is 4.44. The molecule has 0 amide bonds. The average molecular weight is 467 g/mol. The number of ether oxygens (including phenoxy) is 2. The molecule has 112 valence electrons.